The molecule has 1 atom stereocenters. The van der Waals surface area contributed by atoms with Gasteiger partial charge in [-0.25, -0.2) is 0 Å². The Balaban J connectivity index is 2.09. The lowest BCUT2D eigenvalue weighted by Crippen LogP contribution is -2.30. The average Bonchev–Trinajstić information content (AvgIpc) is 2.31. The van der Waals surface area contributed by atoms with E-state index < -0.39 is 5.60 Å². The molecule has 19 heavy (non-hydrogen) atoms. The highest BCUT2D eigenvalue weighted by molar-refractivity contribution is 9.10. The molecule has 0 bridgehead atoms. The number of allylic oxidation sites excluding steroid dienone is 1. The maximum atomic E-state index is 10.8. The van der Waals surface area contributed by atoms with Gasteiger partial charge < -0.3 is 5.11 Å². The molecule has 0 saturated carbocycles. The Labute approximate surface area is 124 Å². The molecule has 1 N–H and O–H groups in total. The van der Waals surface area contributed by atoms with Crippen LogP contribution in [0.5, 0.6) is 0 Å². The fraction of sp³-hybridized carbons (Fsp3) is 0.529. The molecular weight excluding hydrogens is 300 g/mol. The van der Waals surface area contributed by atoms with Crippen LogP contribution in [-0.2, 0) is 6.42 Å². The van der Waals surface area contributed by atoms with Crippen molar-refractivity contribution in [3.8, 4) is 0 Å². The first-order valence-electron chi connectivity index (χ1n) is 7.24. The molecule has 0 spiro atoms. The number of benzene rings is 1. The van der Waals surface area contributed by atoms with Crippen LogP contribution in [0.3, 0.4) is 0 Å². The van der Waals surface area contributed by atoms with Crippen LogP contribution in [0.2, 0.25) is 0 Å². The topological polar surface area (TPSA) is 20.2 Å². The first kappa shape index (κ1) is 14.8. The van der Waals surface area contributed by atoms with Gasteiger partial charge in [-0.15, -0.1) is 0 Å². The van der Waals surface area contributed by atoms with Gasteiger partial charge in [-0.1, -0.05) is 47.0 Å². The van der Waals surface area contributed by atoms with Crippen LogP contribution < -0.4 is 0 Å². The quantitative estimate of drug-likeness (QED) is 0.774. The highest BCUT2D eigenvalue weighted by Crippen LogP contribution is 2.29. The highest BCUT2D eigenvalue weighted by Gasteiger charge is 2.26. The van der Waals surface area contributed by atoms with E-state index in [-0.39, 0.29) is 0 Å². The van der Waals surface area contributed by atoms with Crippen molar-refractivity contribution in [3.63, 3.8) is 0 Å². The minimum atomic E-state index is -0.703. The molecule has 1 aliphatic rings. The van der Waals surface area contributed by atoms with E-state index in [0.717, 1.165) is 17.3 Å². The summed E-state index contributed by atoms with van der Waals surface area (Å²) in [6, 6.07) is 8.25. The highest BCUT2D eigenvalue weighted by atomic mass is 79.9. The van der Waals surface area contributed by atoms with E-state index in [2.05, 4.69) is 34.1 Å². The van der Waals surface area contributed by atoms with Crippen molar-refractivity contribution in [2.45, 2.75) is 57.5 Å². The fourth-order valence-electron chi connectivity index (χ4n) is 2.79. The van der Waals surface area contributed by atoms with Crippen molar-refractivity contribution < 1.29 is 5.11 Å². The Morgan fingerprint density at radius 3 is 2.53 bits per heavy atom. The van der Waals surface area contributed by atoms with Crippen LogP contribution in [0.15, 0.2) is 40.4 Å². The standard InChI is InChI=1S/C17H23BrO/c1-17(19,13-14-9-11-16(18)12-10-14)15-7-5-3-2-4-6-8-15/h7,9-12,19H,2-6,8,13H2,1H3/b15-7+. The van der Waals surface area contributed by atoms with Gasteiger partial charge in [0, 0.05) is 10.9 Å². The number of rotatable bonds is 3. The normalized spacial score (nSPS) is 22.8. The summed E-state index contributed by atoms with van der Waals surface area (Å²) in [5, 5.41) is 10.8. The number of halogens is 1. The molecule has 0 heterocycles. The summed E-state index contributed by atoms with van der Waals surface area (Å²) in [5.74, 6) is 0. The molecule has 1 unspecified atom stereocenters. The molecule has 0 saturated heterocycles. The second kappa shape index (κ2) is 6.71. The van der Waals surface area contributed by atoms with E-state index >= 15 is 0 Å². The van der Waals surface area contributed by atoms with Crippen LogP contribution in [-0.4, -0.2) is 10.7 Å². The molecule has 1 aliphatic carbocycles. The molecule has 0 aliphatic heterocycles. The van der Waals surface area contributed by atoms with Gasteiger partial charge in [0.05, 0.1) is 5.60 Å². The SMILES string of the molecule is CC(O)(Cc1ccc(Br)cc1)/C1=C/CCCCCC1. The Morgan fingerprint density at radius 2 is 1.79 bits per heavy atom. The lowest BCUT2D eigenvalue weighted by Gasteiger charge is -2.28. The first-order chi connectivity index (χ1) is 9.08. The van der Waals surface area contributed by atoms with Gasteiger partial charge in [0.1, 0.15) is 0 Å². The minimum Gasteiger partial charge on any atom is -0.385 e. The Hall–Kier alpha value is -0.600. The van der Waals surface area contributed by atoms with Gasteiger partial charge in [-0.2, -0.15) is 0 Å². The van der Waals surface area contributed by atoms with E-state index in [1.165, 1.54) is 36.8 Å². The summed E-state index contributed by atoms with van der Waals surface area (Å²) in [7, 11) is 0. The van der Waals surface area contributed by atoms with E-state index in [1.54, 1.807) is 0 Å². The Morgan fingerprint density at radius 1 is 1.11 bits per heavy atom. The first-order valence-corrected chi connectivity index (χ1v) is 8.03. The molecule has 0 amide bonds. The molecule has 0 fully saturated rings. The smallest absolute Gasteiger partial charge is 0.0868 e. The zero-order valence-electron chi connectivity index (χ0n) is 11.7. The molecule has 1 aromatic carbocycles. The van der Waals surface area contributed by atoms with Crippen LogP contribution in [0.4, 0.5) is 0 Å². The van der Waals surface area contributed by atoms with Crippen molar-refractivity contribution >= 4 is 15.9 Å². The van der Waals surface area contributed by atoms with E-state index in [1.807, 2.05) is 19.1 Å². The fourth-order valence-corrected chi connectivity index (χ4v) is 3.06. The van der Waals surface area contributed by atoms with E-state index in [0.29, 0.717) is 6.42 Å². The third-order valence-electron chi connectivity index (χ3n) is 3.94. The summed E-state index contributed by atoms with van der Waals surface area (Å²) in [5.41, 5.74) is 1.72. The molecule has 104 valence electrons. The van der Waals surface area contributed by atoms with Gasteiger partial charge in [-0.05, 0) is 55.9 Å². The summed E-state index contributed by atoms with van der Waals surface area (Å²) in [4.78, 5) is 0. The molecular formula is C17H23BrO. The molecule has 0 radical (unpaired) electrons. The second-order valence-corrected chi connectivity index (χ2v) is 6.68. The van der Waals surface area contributed by atoms with Crippen molar-refractivity contribution in [2.75, 3.05) is 0 Å². The Kier molecular flexibility index (Phi) is 5.23. The predicted molar refractivity (Wildman–Crippen MR) is 84.3 cm³/mol. The monoisotopic (exact) mass is 322 g/mol. The molecule has 1 aromatic rings. The van der Waals surface area contributed by atoms with Gasteiger partial charge in [0.25, 0.3) is 0 Å². The number of aliphatic hydroxyl groups is 1. The van der Waals surface area contributed by atoms with Gasteiger partial charge in [0.15, 0.2) is 0 Å². The van der Waals surface area contributed by atoms with Crippen molar-refractivity contribution in [3.05, 3.63) is 46.0 Å². The predicted octanol–water partition coefficient (Wildman–Crippen LogP) is 5.02. The van der Waals surface area contributed by atoms with Gasteiger partial charge >= 0.3 is 0 Å². The third kappa shape index (κ3) is 4.47. The van der Waals surface area contributed by atoms with Crippen molar-refractivity contribution in [1.29, 1.82) is 0 Å². The summed E-state index contributed by atoms with van der Waals surface area (Å²) in [6.45, 7) is 1.96. The largest absolute Gasteiger partial charge is 0.385 e. The maximum absolute atomic E-state index is 10.8. The van der Waals surface area contributed by atoms with Gasteiger partial charge in [0.2, 0.25) is 0 Å². The molecule has 0 aromatic heterocycles. The summed E-state index contributed by atoms with van der Waals surface area (Å²) >= 11 is 3.45. The van der Waals surface area contributed by atoms with Crippen LogP contribution in [0, 0.1) is 0 Å². The summed E-state index contributed by atoms with van der Waals surface area (Å²) in [6.07, 6.45) is 10.2. The lowest BCUT2D eigenvalue weighted by atomic mass is 9.84. The van der Waals surface area contributed by atoms with Crippen LogP contribution in [0.1, 0.15) is 51.0 Å². The third-order valence-corrected chi connectivity index (χ3v) is 4.47. The zero-order valence-corrected chi connectivity index (χ0v) is 13.2. The van der Waals surface area contributed by atoms with Crippen LogP contribution in [0.25, 0.3) is 0 Å². The molecule has 2 rings (SSSR count). The van der Waals surface area contributed by atoms with Crippen molar-refractivity contribution in [1.82, 2.24) is 0 Å². The summed E-state index contributed by atoms with van der Waals surface area (Å²) < 4.78 is 1.08. The number of hydrogen-bond acceptors (Lipinski definition) is 1. The molecule has 2 heteroatoms. The maximum Gasteiger partial charge on any atom is 0.0868 e. The van der Waals surface area contributed by atoms with E-state index in [4.69, 9.17) is 0 Å². The van der Waals surface area contributed by atoms with Gasteiger partial charge in [-0.3, -0.25) is 0 Å². The zero-order chi connectivity index (χ0) is 13.7. The lowest BCUT2D eigenvalue weighted by molar-refractivity contribution is 0.0940. The Bertz CT molecular complexity index is 431. The minimum absolute atomic E-state index is 0.701. The van der Waals surface area contributed by atoms with Crippen LogP contribution >= 0.6 is 15.9 Å². The second-order valence-electron chi connectivity index (χ2n) is 5.76. The molecule has 1 nitrogen and oxygen atoms in total. The average molecular weight is 323 g/mol. The van der Waals surface area contributed by atoms with Crippen molar-refractivity contribution in [2.24, 2.45) is 0 Å². The number of hydrogen-bond donors (Lipinski definition) is 1. The van der Waals surface area contributed by atoms with E-state index in [9.17, 15) is 5.11 Å².